The minimum atomic E-state index is -0.457. The highest BCUT2D eigenvalue weighted by Crippen LogP contribution is 2.24. The number of aromatic nitrogens is 2. The van der Waals surface area contributed by atoms with Crippen LogP contribution in [-0.4, -0.2) is 44.6 Å². The van der Waals surface area contributed by atoms with E-state index in [4.69, 9.17) is 4.74 Å². The number of likely N-dealkylation sites (tertiary alicyclic amines) is 1. The van der Waals surface area contributed by atoms with E-state index < -0.39 is 5.60 Å². The summed E-state index contributed by atoms with van der Waals surface area (Å²) >= 11 is 0. The van der Waals surface area contributed by atoms with Crippen LogP contribution in [0.15, 0.2) is 12.4 Å². The van der Waals surface area contributed by atoms with E-state index in [1.165, 1.54) is 6.20 Å². The molecule has 106 valence electrons. The lowest BCUT2D eigenvalue weighted by atomic mass is 10.1. The average Bonchev–Trinajstić information content (AvgIpc) is 2.74. The van der Waals surface area contributed by atoms with Gasteiger partial charge in [-0.1, -0.05) is 0 Å². The molecule has 1 aliphatic rings. The van der Waals surface area contributed by atoms with Crippen LogP contribution in [0.4, 0.5) is 4.79 Å². The van der Waals surface area contributed by atoms with Gasteiger partial charge in [-0.3, -0.25) is 4.68 Å². The fourth-order valence-electron chi connectivity index (χ4n) is 2.17. The Morgan fingerprint density at radius 1 is 1.42 bits per heavy atom. The van der Waals surface area contributed by atoms with Crippen LogP contribution in [-0.2, 0) is 4.74 Å². The molecule has 1 saturated heterocycles. The largest absolute Gasteiger partial charge is 0.505 e. The van der Waals surface area contributed by atoms with Crippen LogP contribution in [0.1, 0.15) is 39.7 Å². The van der Waals surface area contributed by atoms with Crippen LogP contribution < -0.4 is 0 Å². The summed E-state index contributed by atoms with van der Waals surface area (Å²) in [7, 11) is 0. The number of ether oxygens (including phenoxy) is 1. The molecule has 2 heterocycles. The Labute approximate surface area is 113 Å². The van der Waals surface area contributed by atoms with Crippen molar-refractivity contribution in [2.45, 2.75) is 45.3 Å². The van der Waals surface area contributed by atoms with Crippen LogP contribution in [0, 0.1) is 0 Å². The predicted octanol–water partition coefficient (Wildman–Crippen LogP) is 2.16. The SMILES string of the molecule is CC(C)(C)OC(=O)N1CCC(n2cc(O)cn2)CC1. The quantitative estimate of drug-likeness (QED) is 0.846. The Balaban J connectivity index is 1.87. The van der Waals surface area contributed by atoms with E-state index in [-0.39, 0.29) is 17.9 Å². The maximum Gasteiger partial charge on any atom is 0.410 e. The number of hydrogen-bond donors (Lipinski definition) is 1. The zero-order valence-corrected chi connectivity index (χ0v) is 11.7. The van der Waals surface area contributed by atoms with E-state index in [9.17, 15) is 9.90 Å². The number of aromatic hydroxyl groups is 1. The molecule has 1 aromatic heterocycles. The van der Waals surface area contributed by atoms with Crippen LogP contribution in [0.2, 0.25) is 0 Å². The second-order valence-corrected chi connectivity index (χ2v) is 5.88. The molecular weight excluding hydrogens is 246 g/mol. The topological polar surface area (TPSA) is 67.6 Å². The summed E-state index contributed by atoms with van der Waals surface area (Å²) in [5, 5.41) is 13.4. The maximum absolute atomic E-state index is 11.9. The molecule has 19 heavy (non-hydrogen) atoms. The van der Waals surface area contributed by atoms with Crippen LogP contribution in [0.5, 0.6) is 5.75 Å². The molecular formula is C13H21N3O3. The smallest absolute Gasteiger partial charge is 0.410 e. The monoisotopic (exact) mass is 267 g/mol. The van der Waals surface area contributed by atoms with Crippen molar-refractivity contribution >= 4 is 6.09 Å². The fourth-order valence-corrected chi connectivity index (χ4v) is 2.17. The molecule has 1 amide bonds. The Bertz CT molecular complexity index is 442. The normalized spacial score (nSPS) is 17.5. The molecule has 1 N–H and O–H groups in total. The summed E-state index contributed by atoms with van der Waals surface area (Å²) in [5.74, 6) is 0.176. The first-order chi connectivity index (χ1) is 8.85. The van der Waals surface area contributed by atoms with E-state index in [0.717, 1.165) is 12.8 Å². The third-order valence-electron chi connectivity index (χ3n) is 3.08. The van der Waals surface area contributed by atoms with E-state index in [1.807, 2.05) is 20.8 Å². The molecule has 0 aromatic carbocycles. The van der Waals surface area contributed by atoms with Gasteiger partial charge in [-0.15, -0.1) is 0 Å². The maximum atomic E-state index is 11.9. The zero-order chi connectivity index (χ0) is 14.0. The van der Waals surface area contributed by atoms with E-state index in [2.05, 4.69) is 5.10 Å². The van der Waals surface area contributed by atoms with Crippen molar-refractivity contribution in [1.29, 1.82) is 0 Å². The Morgan fingerprint density at radius 3 is 2.53 bits per heavy atom. The summed E-state index contributed by atoms with van der Waals surface area (Å²) < 4.78 is 7.11. The molecule has 0 spiro atoms. The Hall–Kier alpha value is -1.72. The summed E-state index contributed by atoms with van der Waals surface area (Å²) in [6.07, 6.45) is 4.43. The van der Waals surface area contributed by atoms with Crippen molar-refractivity contribution in [1.82, 2.24) is 14.7 Å². The van der Waals surface area contributed by atoms with Crippen molar-refractivity contribution in [2.75, 3.05) is 13.1 Å². The fraction of sp³-hybridized carbons (Fsp3) is 0.692. The number of nitrogens with zero attached hydrogens (tertiary/aromatic N) is 3. The highest BCUT2D eigenvalue weighted by Gasteiger charge is 2.27. The van der Waals surface area contributed by atoms with Crippen LogP contribution in [0.3, 0.4) is 0 Å². The predicted molar refractivity (Wildman–Crippen MR) is 70.0 cm³/mol. The van der Waals surface area contributed by atoms with Gasteiger partial charge in [0.05, 0.1) is 18.4 Å². The highest BCUT2D eigenvalue weighted by molar-refractivity contribution is 5.68. The van der Waals surface area contributed by atoms with Gasteiger partial charge < -0.3 is 14.7 Å². The molecule has 0 bridgehead atoms. The molecule has 1 aliphatic heterocycles. The molecule has 0 atom stereocenters. The van der Waals surface area contributed by atoms with Gasteiger partial charge in [0.2, 0.25) is 0 Å². The minimum Gasteiger partial charge on any atom is -0.505 e. The van der Waals surface area contributed by atoms with Gasteiger partial charge in [-0.25, -0.2) is 4.79 Å². The first-order valence-electron chi connectivity index (χ1n) is 6.56. The molecule has 0 aliphatic carbocycles. The van der Waals surface area contributed by atoms with Crippen LogP contribution in [0.25, 0.3) is 0 Å². The van der Waals surface area contributed by atoms with E-state index in [1.54, 1.807) is 15.8 Å². The lowest BCUT2D eigenvalue weighted by molar-refractivity contribution is 0.0184. The molecule has 0 unspecified atom stereocenters. The van der Waals surface area contributed by atoms with Gasteiger partial charge in [0, 0.05) is 13.1 Å². The lowest BCUT2D eigenvalue weighted by Crippen LogP contribution is -2.42. The summed E-state index contributed by atoms with van der Waals surface area (Å²) in [6, 6.07) is 0.236. The van der Waals surface area contributed by atoms with Crippen molar-refractivity contribution < 1.29 is 14.6 Å². The Kier molecular flexibility index (Phi) is 3.68. The third kappa shape index (κ3) is 3.62. The summed E-state index contributed by atoms with van der Waals surface area (Å²) in [6.45, 7) is 6.90. The van der Waals surface area contributed by atoms with Crippen molar-refractivity contribution in [3.8, 4) is 5.75 Å². The van der Waals surface area contributed by atoms with Gasteiger partial charge in [-0.05, 0) is 33.6 Å². The second-order valence-electron chi connectivity index (χ2n) is 5.88. The Morgan fingerprint density at radius 2 is 2.05 bits per heavy atom. The molecule has 6 heteroatoms. The standard InChI is InChI=1S/C13H21N3O3/c1-13(2,3)19-12(18)15-6-4-10(5-7-15)16-9-11(17)8-14-16/h8-10,17H,4-7H2,1-3H3. The molecule has 2 rings (SSSR count). The molecule has 6 nitrogen and oxygen atoms in total. The summed E-state index contributed by atoms with van der Waals surface area (Å²) in [5.41, 5.74) is -0.457. The van der Waals surface area contributed by atoms with Gasteiger partial charge in [0.1, 0.15) is 5.60 Å². The van der Waals surface area contributed by atoms with Crippen LogP contribution >= 0.6 is 0 Å². The number of hydrogen-bond acceptors (Lipinski definition) is 4. The highest BCUT2D eigenvalue weighted by atomic mass is 16.6. The molecule has 0 radical (unpaired) electrons. The van der Waals surface area contributed by atoms with Gasteiger partial charge in [0.15, 0.2) is 5.75 Å². The minimum absolute atomic E-state index is 0.176. The lowest BCUT2D eigenvalue weighted by Gasteiger charge is -2.33. The first kappa shape index (κ1) is 13.7. The zero-order valence-electron chi connectivity index (χ0n) is 11.7. The van der Waals surface area contributed by atoms with E-state index >= 15 is 0 Å². The number of carbonyl (C=O) groups excluding carboxylic acids is 1. The van der Waals surface area contributed by atoms with Gasteiger partial charge in [-0.2, -0.15) is 5.10 Å². The number of carbonyl (C=O) groups is 1. The molecule has 0 saturated carbocycles. The van der Waals surface area contributed by atoms with Gasteiger partial charge >= 0.3 is 6.09 Å². The molecule has 1 aromatic rings. The van der Waals surface area contributed by atoms with Crippen molar-refractivity contribution in [3.05, 3.63) is 12.4 Å². The summed E-state index contributed by atoms with van der Waals surface area (Å²) in [4.78, 5) is 13.6. The number of amides is 1. The number of rotatable bonds is 1. The van der Waals surface area contributed by atoms with Crippen molar-refractivity contribution in [2.24, 2.45) is 0 Å². The first-order valence-corrected chi connectivity index (χ1v) is 6.56. The number of piperidine rings is 1. The third-order valence-corrected chi connectivity index (χ3v) is 3.08. The van der Waals surface area contributed by atoms with E-state index in [0.29, 0.717) is 13.1 Å². The van der Waals surface area contributed by atoms with Gasteiger partial charge in [0.25, 0.3) is 0 Å². The van der Waals surface area contributed by atoms with Crippen molar-refractivity contribution in [3.63, 3.8) is 0 Å². The molecule has 1 fully saturated rings. The average molecular weight is 267 g/mol. The second kappa shape index (κ2) is 5.11.